The summed E-state index contributed by atoms with van der Waals surface area (Å²) >= 11 is 0. The number of nitrogens with two attached hydrogens (primary N) is 1. The van der Waals surface area contributed by atoms with Crippen LogP contribution in [-0.4, -0.2) is 19.4 Å². The molecule has 0 radical (unpaired) electrons. The second kappa shape index (κ2) is 6.75. The lowest BCUT2D eigenvalue weighted by Gasteiger charge is -2.14. The van der Waals surface area contributed by atoms with Crippen molar-refractivity contribution in [3.05, 3.63) is 35.4 Å². The molecule has 1 unspecified atom stereocenters. The van der Waals surface area contributed by atoms with Gasteiger partial charge in [0.25, 0.3) is 0 Å². The van der Waals surface area contributed by atoms with Gasteiger partial charge >= 0.3 is 6.18 Å². The molecule has 0 aliphatic carbocycles. The average molecular weight is 261 g/mol. The number of halogens is 3. The molecule has 0 bridgehead atoms. The minimum atomic E-state index is -4.30. The molecular formula is C13H18F3NO. The lowest BCUT2D eigenvalue weighted by molar-refractivity contribution is -0.174. The Morgan fingerprint density at radius 2 is 1.83 bits per heavy atom. The molecule has 2 N–H and O–H groups in total. The first-order valence-corrected chi connectivity index (χ1v) is 5.91. The van der Waals surface area contributed by atoms with Crippen LogP contribution in [0.3, 0.4) is 0 Å². The molecule has 0 heterocycles. The Morgan fingerprint density at radius 3 is 2.33 bits per heavy atom. The van der Waals surface area contributed by atoms with Crippen LogP contribution in [0.1, 0.15) is 30.5 Å². The number of hydrogen-bond donors (Lipinski definition) is 1. The molecular weight excluding hydrogens is 243 g/mol. The fourth-order valence-electron chi connectivity index (χ4n) is 1.62. The molecule has 2 nitrogen and oxygen atoms in total. The summed E-state index contributed by atoms with van der Waals surface area (Å²) < 4.78 is 40.2. The van der Waals surface area contributed by atoms with Crippen LogP contribution in [0.25, 0.3) is 0 Å². The minimum Gasteiger partial charge on any atom is -0.370 e. The van der Waals surface area contributed by atoms with Crippen LogP contribution in [0.15, 0.2) is 24.3 Å². The molecule has 1 aromatic carbocycles. The molecule has 1 rings (SSSR count). The summed E-state index contributed by atoms with van der Waals surface area (Å²) in [5.41, 5.74) is 7.74. The molecule has 0 saturated carbocycles. The zero-order valence-electron chi connectivity index (χ0n) is 10.3. The van der Waals surface area contributed by atoms with Gasteiger partial charge in [0.05, 0.1) is 12.6 Å². The summed E-state index contributed by atoms with van der Waals surface area (Å²) in [5, 5.41) is 0. The quantitative estimate of drug-likeness (QED) is 0.853. The van der Waals surface area contributed by atoms with Crippen LogP contribution in [0, 0.1) is 0 Å². The topological polar surface area (TPSA) is 35.2 Å². The standard InChI is InChI=1S/C13H18F3NO/c1-2-3-10-4-6-11(7-5-10)12(17)8-18-9-13(14,15)16/h4-7,12H,2-3,8-9,17H2,1H3. The van der Waals surface area contributed by atoms with Gasteiger partial charge in [0.1, 0.15) is 6.61 Å². The van der Waals surface area contributed by atoms with Crippen molar-refractivity contribution in [3.63, 3.8) is 0 Å². The second-order valence-electron chi connectivity index (χ2n) is 4.23. The first-order chi connectivity index (χ1) is 8.42. The third-order valence-electron chi connectivity index (χ3n) is 2.51. The van der Waals surface area contributed by atoms with Crippen LogP contribution in [0.2, 0.25) is 0 Å². The van der Waals surface area contributed by atoms with Crippen LogP contribution in [0.4, 0.5) is 13.2 Å². The first kappa shape index (κ1) is 15.0. The highest BCUT2D eigenvalue weighted by Gasteiger charge is 2.27. The predicted molar refractivity (Wildman–Crippen MR) is 64.2 cm³/mol. The van der Waals surface area contributed by atoms with Crippen molar-refractivity contribution in [3.8, 4) is 0 Å². The summed E-state index contributed by atoms with van der Waals surface area (Å²) in [5.74, 6) is 0. The highest BCUT2D eigenvalue weighted by molar-refractivity contribution is 5.24. The van der Waals surface area contributed by atoms with E-state index in [0.717, 1.165) is 18.4 Å². The number of ether oxygens (including phenoxy) is 1. The van der Waals surface area contributed by atoms with E-state index < -0.39 is 18.8 Å². The third-order valence-corrected chi connectivity index (χ3v) is 2.51. The Bertz CT molecular complexity index is 348. The normalized spacial score (nSPS) is 13.6. The predicted octanol–water partition coefficient (Wildman–Crippen LogP) is 3.22. The summed E-state index contributed by atoms with van der Waals surface area (Å²) in [6.07, 6.45) is -2.26. The Balaban J connectivity index is 2.43. The van der Waals surface area contributed by atoms with E-state index >= 15 is 0 Å². The second-order valence-corrected chi connectivity index (χ2v) is 4.23. The Kier molecular flexibility index (Phi) is 5.62. The Morgan fingerprint density at radius 1 is 1.22 bits per heavy atom. The molecule has 102 valence electrons. The van der Waals surface area contributed by atoms with Crippen molar-refractivity contribution in [2.75, 3.05) is 13.2 Å². The maximum Gasteiger partial charge on any atom is 0.411 e. The molecule has 0 fully saturated rings. The van der Waals surface area contributed by atoms with E-state index in [0.29, 0.717) is 0 Å². The van der Waals surface area contributed by atoms with Gasteiger partial charge in [0.15, 0.2) is 0 Å². The fourth-order valence-corrected chi connectivity index (χ4v) is 1.62. The van der Waals surface area contributed by atoms with E-state index in [1.807, 2.05) is 24.3 Å². The zero-order chi connectivity index (χ0) is 13.6. The minimum absolute atomic E-state index is 0.132. The lowest BCUT2D eigenvalue weighted by Crippen LogP contribution is -2.23. The van der Waals surface area contributed by atoms with Crippen molar-refractivity contribution in [1.82, 2.24) is 0 Å². The molecule has 0 saturated heterocycles. The Hall–Kier alpha value is -1.07. The number of aryl methyl sites for hydroxylation is 1. The fraction of sp³-hybridized carbons (Fsp3) is 0.538. The largest absolute Gasteiger partial charge is 0.411 e. The number of hydrogen-bond acceptors (Lipinski definition) is 2. The van der Waals surface area contributed by atoms with Crippen molar-refractivity contribution in [2.24, 2.45) is 5.73 Å². The van der Waals surface area contributed by atoms with Crippen molar-refractivity contribution >= 4 is 0 Å². The van der Waals surface area contributed by atoms with Crippen LogP contribution in [0.5, 0.6) is 0 Å². The van der Waals surface area contributed by atoms with Crippen molar-refractivity contribution < 1.29 is 17.9 Å². The van der Waals surface area contributed by atoms with E-state index in [2.05, 4.69) is 11.7 Å². The van der Waals surface area contributed by atoms with Gasteiger partial charge in [-0.2, -0.15) is 13.2 Å². The Labute approximate surface area is 105 Å². The molecule has 0 spiro atoms. The highest BCUT2D eigenvalue weighted by Crippen LogP contribution is 2.17. The van der Waals surface area contributed by atoms with Gasteiger partial charge in [0.2, 0.25) is 0 Å². The summed E-state index contributed by atoms with van der Waals surface area (Å²) in [6, 6.07) is 7.05. The number of rotatable bonds is 6. The van der Waals surface area contributed by atoms with Gasteiger partial charge in [-0.15, -0.1) is 0 Å². The number of benzene rings is 1. The monoisotopic (exact) mass is 261 g/mol. The van der Waals surface area contributed by atoms with Crippen LogP contribution >= 0.6 is 0 Å². The van der Waals surface area contributed by atoms with Gasteiger partial charge in [0, 0.05) is 0 Å². The summed E-state index contributed by atoms with van der Waals surface area (Å²) in [6.45, 7) is 0.700. The molecule has 0 amide bonds. The van der Waals surface area contributed by atoms with E-state index in [1.165, 1.54) is 5.56 Å². The maximum absolute atomic E-state index is 11.9. The van der Waals surface area contributed by atoms with E-state index in [4.69, 9.17) is 5.73 Å². The van der Waals surface area contributed by atoms with Crippen LogP contribution < -0.4 is 5.73 Å². The SMILES string of the molecule is CCCc1ccc(C(N)COCC(F)(F)F)cc1. The summed E-state index contributed by atoms with van der Waals surface area (Å²) in [7, 11) is 0. The van der Waals surface area contributed by atoms with Gasteiger partial charge in [-0.05, 0) is 17.5 Å². The van der Waals surface area contributed by atoms with E-state index in [9.17, 15) is 13.2 Å². The maximum atomic E-state index is 11.9. The first-order valence-electron chi connectivity index (χ1n) is 5.91. The third kappa shape index (κ3) is 5.51. The molecule has 0 aliphatic heterocycles. The number of alkyl halides is 3. The molecule has 1 atom stereocenters. The van der Waals surface area contributed by atoms with Crippen LogP contribution in [-0.2, 0) is 11.2 Å². The zero-order valence-corrected chi connectivity index (χ0v) is 10.3. The average Bonchev–Trinajstić information content (AvgIpc) is 2.28. The molecule has 0 aliphatic rings. The van der Waals surface area contributed by atoms with E-state index in [1.54, 1.807) is 0 Å². The van der Waals surface area contributed by atoms with Gasteiger partial charge in [-0.3, -0.25) is 0 Å². The molecule has 0 aromatic heterocycles. The molecule has 18 heavy (non-hydrogen) atoms. The van der Waals surface area contributed by atoms with Crippen molar-refractivity contribution in [2.45, 2.75) is 32.0 Å². The van der Waals surface area contributed by atoms with Gasteiger partial charge < -0.3 is 10.5 Å². The van der Waals surface area contributed by atoms with Gasteiger partial charge in [-0.25, -0.2) is 0 Å². The summed E-state index contributed by atoms with van der Waals surface area (Å²) in [4.78, 5) is 0. The lowest BCUT2D eigenvalue weighted by atomic mass is 10.0. The smallest absolute Gasteiger partial charge is 0.370 e. The highest BCUT2D eigenvalue weighted by atomic mass is 19.4. The van der Waals surface area contributed by atoms with Crippen molar-refractivity contribution in [1.29, 1.82) is 0 Å². The van der Waals surface area contributed by atoms with E-state index in [-0.39, 0.29) is 6.61 Å². The molecule has 5 heteroatoms. The molecule has 1 aromatic rings. The van der Waals surface area contributed by atoms with Gasteiger partial charge in [-0.1, -0.05) is 37.6 Å².